The highest BCUT2D eigenvalue weighted by molar-refractivity contribution is 6.36. The molecule has 4 rings (SSSR count). The number of carboxylic acids is 1. The molecule has 0 aliphatic carbocycles. The van der Waals surface area contributed by atoms with Gasteiger partial charge in [-0.2, -0.15) is 0 Å². The Hall–Kier alpha value is -3.68. The molecule has 1 N–H and O–H groups in total. The normalized spacial score (nSPS) is 11.8. The Bertz CT molecular complexity index is 1390. The van der Waals surface area contributed by atoms with Crippen molar-refractivity contribution >= 4 is 35.1 Å². The molecule has 9 heteroatoms. The highest BCUT2D eigenvalue weighted by Gasteiger charge is 2.32. The van der Waals surface area contributed by atoms with Crippen LogP contribution in [-0.4, -0.2) is 27.9 Å². The fourth-order valence-corrected chi connectivity index (χ4v) is 4.28. The molecular weight excluding hydrogens is 511 g/mol. The van der Waals surface area contributed by atoms with Crippen molar-refractivity contribution in [3.63, 3.8) is 0 Å². The van der Waals surface area contributed by atoms with Crippen molar-refractivity contribution in [3.8, 4) is 11.3 Å². The average molecular weight is 530 g/mol. The first-order valence-electron chi connectivity index (χ1n) is 10.8. The number of carboxylic acid groups (broad SMARTS) is 1. The van der Waals surface area contributed by atoms with Gasteiger partial charge in [0.1, 0.15) is 29.2 Å². The smallest absolute Gasteiger partial charge is 0.326 e. The first-order valence-corrected chi connectivity index (χ1v) is 11.5. The van der Waals surface area contributed by atoms with Crippen LogP contribution < -0.4 is 0 Å². The van der Waals surface area contributed by atoms with Gasteiger partial charge in [-0.1, -0.05) is 53.5 Å². The number of halogens is 4. The topological polar surface area (TPSA) is 70.8 Å². The lowest BCUT2D eigenvalue weighted by Crippen LogP contribution is -2.46. The molecular formula is C27H19Cl2F2NO4. The van der Waals surface area contributed by atoms with Gasteiger partial charge in [-0.3, -0.25) is 4.79 Å². The summed E-state index contributed by atoms with van der Waals surface area (Å²) in [7, 11) is 0. The number of rotatable bonds is 8. The Morgan fingerprint density at radius 3 is 2.25 bits per heavy atom. The van der Waals surface area contributed by atoms with E-state index in [1.165, 1.54) is 30.3 Å². The van der Waals surface area contributed by atoms with Crippen LogP contribution in [0.4, 0.5) is 8.78 Å². The first-order chi connectivity index (χ1) is 17.2. The molecule has 4 aromatic rings. The molecule has 0 aliphatic heterocycles. The average Bonchev–Trinajstić information content (AvgIpc) is 3.30. The van der Waals surface area contributed by atoms with Gasteiger partial charge in [0.05, 0.1) is 17.1 Å². The zero-order chi connectivity index (χ0) is 25.8. The summed E-state index contributed by atoms with van der Waals surface area (Å²) >= 11 is 12.2. The lowest BCUT2D eigenvalue weighted by atomic mass is 10.0. The van der Waals surface area contributed by atoms with Crippen molar-refractivity contribution in [1.82, 2.24) is 4.90 Å². The maximum Gasteiger partial charge on any atom is 0.326 e. The molecule has 0 aliphatic rings. The zero-order valence-corrected chi connectivity index (χ0v) is 20.1. The van der Waals surface area contributed by atoms with Crippen LogP contribution in [-0.2, 0) is 17.8 Å². The van der Waals surface area contributed by atoms with Gasteiger partial charge in [0.15, 0.2) is 0 Å². The summed E-state index contributed by atoms with van der Waals surface area (Å²) in [5, 5.41) is 10.5. The number of benzene rings is 3. The Kier molecular flexibility index (Phi) is 7.72. The first kappa shape index (κ1) is 25.4. The van der Waals surface area contributed by atoms with Crippen molar-refractivity contribution in [1.29, 1.82) is 0 Å². The molecule has 0 saturated carbocycles. The van der Waals surface area contributed by atoms with Crippen molar-refractivity contribution < 1.29 is 27.9 Å². The van der Waals surface area contributed by atoms with E-state index in [4.69, 9.17) is 27.6 Å². The van der Waals surface area contributed by atoms with E-state index >= 15 is 0 Å². The van der Waals surface area contributed by atoms with Gasteiger partial charge in [-0.05, 0) is 48.0 Å². The second kappa shape index (κ2) is 10.9. The summed E-state index contributed by atoms with van der Waals surface area (Å²) in [5.41, 5.74) is 0.941. The van der Waals surface area contributed by atoms with E-state index in [-0.39, 0.29) is 40.6 Å². The number of nitrogens with zero attached hydrogens (tertiary/aromatic N) is 1. The quantitative estimate of drug-likeness (QED) is 0.270. The van der Waals surface area contributed by atoms with Crippen molar-refractivity contribution in [2.75, 3.05) is 0 Å². The minimum absolute atomic E-state index is 0.0236. The van der Waals surface area contributed by atoms with Gasteiger partial charge in [-0.15, -0.1) is 0 Å². The van der Waals surface area contributed by atoms with Gasteiger partial charge >= 0.3 is 5.97 Å². The third-order valence-electron chi connectivity index (χ3n) is 5.49. The summed E-state index contributed by atoms with van der Waals surface area (Å²) < 4.78 is 33.1. The van der Waals surface area contributed by atoms with E-state index < -0.39 is 29.6 Å². The highest BCUT2D eigenvalue weighted by Crippen LogP contribution is 2.28. The van der Waals surface area contributed by atoms with Crippen molar-refractivity contribution in [2.45, 2.75) is 19.0 Å². The maximum atomic E-state index is 13.7. The Morgan fingerprint density at radius 2 is 1.61 bits per heavy atom. The third-order valence-corrected chi connectivity index (χ3v) is 6.04. The van der Waals surface area contributed by atoms with Crippen LogP contribution in [0.2, 0.25) is 10.0 Å². The molecule has 0 bridgehead atoms. The second-order valence-corrected chi connectivity index (χ2v) is 8.87. The van der Waals surface area contributed by atoms with E-state index in [1.807, 2.05) is 0 Å². The molecule has 1 amide bonds. The van der Waals surface area contributed by atoms with E-state index in [9.17, 15) is 23.5 Å². The lowest BCUT2D eigenvalue weighted by Gasteiger charge is -2.29. The SMILES string of the molecule is O=C(O)C(Cc1ccccc1)N(Cc1ccc(-c2cc(F)cc(F)c2)o1)C(=O)c1ccc(Cl)cc1Cl. The Labute approximate surface area is 215 Å². The lowest BCUT2D eigenvalue weighted by molar-refractivity contribution is -0.142. The number of hydrogen-bond acceptors (Lipinski definition) is 3. The summed E-state index contributed by atoms with van der Waals surface area (Å²) in [4.78, 5) is 27.1. The summed E-state index contributed by atoms with van der Waals surface area (Å²) in [6.07, 6.45) is 0.0236. The van der Waals surface area contributed by atoms with Gasteiger partial charge in [-0.25, -0.2) is 13.6 Å². The molecule has 1 atom stereocenters. The summed E-state index contributed by atoms with van der Waals surface area (Å²) in [5.74, 6) is -3.04. The molecule has 5 nitrogen and oxygen atoms in total. The van der Waals surface area contributed by atoms with E-state index in [1.54, 1.807) is 30.3 Å². The van der Waals surface area contributed by atoms with Crippen LogP contribution >= 0.6 is 23.2 Å². The number of amides is 1. The number of hydrogen-bond donors (Lipinski definition) is 1. The molecule has 184 valence electrons. The largest absolute Gasteiger partial charge is 0.480 e. The van der Waals surface area contributed by atoms with Gasteiger partial charge in [0, 0.05) is 23.1 Å². The standard InChI is InChI=1S/C27H19Cl2F2NO4/c28-18-6-8-22(23(29)13-18)26(33)32(24(27(34)35)10-16-4-2-1-3-5-16)15-21-7-9-25(36-21)17-11-19(30)14-20(31)12-17/h1-9,11-14,24H,10,15H2,(H,34,35). The van der Waals surface area contributed by atoms with Crippen LogP contribution in [0.15, 0.2) is 83.3 Å². The Balaban J connectivity index is 1.71. The number of aliphatic carboxylic acids is 1. The van der Waals surface area contributed by atoms with Crippen LogP contribution in [0.3, 0.4) is 0 Å². The second-order valence-electron chi connectivity index (χ2n) is 8.03. The summed E-state index contributed by atoms with van der Waals surface area (Å²) in [6.45, 7) is -0.237. The van der Waals surface area contributed by atoms with Crippen molar-refractivity contribution in [3.05, 3.63) is 117 Å². The molecule has 1 aromatic heterocycles. The van der Waals surface area contributed by atoms with E-state index in [2.05, 4.69) is 0 Å². The maximum absolute atomic E-state index is 13.7. The van der Waals surface area contributed by atoms with Gasteiger partial charge in [0.25, 0.3) is 5.91 Å². The van der Waals surface area contributed by atoms with Crippen LogP contribution in [0, 0.1) is 11.6 Å². The fourth-order valence-electron chi connectivity index (χ4n) is 3.79. The molecule has 36 heavy (non-hydrogen) atoms. The van der Waals surface area contributed by atoms with Crippen LogP contribution in [0.5, 0.6) is 0 Å². The number of carbonyl (C=O) groups excluding carboxylic acids is 1. The van der Waals surface area contributed by atoms with Gasteiger partial charge in [0.2, 0.25) is 0 Å². The highest BCUT2D eigenvalue weighted by atomic mass is 35.5. The minimum Gasteiger partial charge on any atom is -0.480 e. The minimum atomic E-state index is -1.27. The number of carbonyl (C=O) groups is 2. The predicted octanol–water partition coefficient (Wildman–Crippen LogP) is 6.87. The molecule has 3 aromatic carbocycles. The summed E-state index contributed by atoms with van der Waals surface area (Å²) in [6, 6.07) is 17.9. The van der Waals surface area contributed by atoms with Crippen LogP contribution in [0.1, 0.15) is 21.7 Å². The molecule has 1 heterocycles. The molecule has 0 saturated heterocycles. The van der Waals surface area contributed by atoms with E-state index in [0.29, 0.717) is 10.6 Å². The zero-order valence-electron chi connectivity index (χ0n) is 18.6. The van der Waals surface area contributed by atoms with Crippen LogP contribution in [0.25, 0.3) is 11.3 Å². The fraction of sp³-hybridized carbons (Fsp3) is 0.111. The predicted molar refractivity (Wildman–Crippen MR) is 132 cm³/mol. The molecule has 0 radical (unpaired) electrons. The van der Waals surface area contributed by atoms with Gasteiger partial charge < -0.3 is 14.4 Å². The third kappa shape index (κ3) is 5.93. The molecule has 0 fully saturated rings. The number of furan rings is 1. The van der Waals surface area contributed by atoms with Crippen molar-refractivity contribution in [2.24, 2.45) is 0 Å². The molecule has 1 unspecified atom stereocenters. The molecule has 0 spiro atoms. The Morgan fingerprint density at radius 1 is 0.917 bits per heavy atom. The monoisotopic (exact) mass is 529 g/mol. The van der Waals surface area contributed by atoms with E-state index in [0.717, 1.165) is 23.1 Å².